The molecule has 26 heavy (non-hydrogen) atoms. The third kappa shape index (κ3) is 3.84. The Morgan fingerprint density at radius 2 is 2.00 bits per heavy atom. The lowest BCUT2D eigenvalue weighted by molar-refractivity contribution is 0.0600. The normalized spacial score (nSPS) is 10.4. The molecule has 2 aromatic carbocycles. The third-order valence-electron chi connectivity index (χ3n) is 3.38. The van der Waals surface area contributed by atoms with Crippen LogP contribution in [0.25, 0.3) is 10.2 Å². The van der Waals surface area contributed by atoms with E-state index in [-0.39, 0.29) is 10.7 Å². The van der Waals surface area contributed by atoms with Crippen molar-refractivity contribution in [2.45, 2.75) is 0 Å². The average molecular weight is 389 g/mol. The number of rotatable bonds is 3. The Hall–Kier alpha value is -2.91. The van der Waals surface area contributed by atoms with Gasteiger partial charge in [0.25, 0.3) is 5.91 Å². The van der Waals surface area contributed by atoms with E-state index in [1.165, 1.54) is 36.6 Å². The molecule has 1 amide bonds. The first kappa shape index (κ1) is 17.9. The fourth-order valence-corrected chi connectivity index (χ4v) is 3.33. The molecule has 132 valence electrons. The molecule has 0 aliphatic carbocycles. The molecule has 0 fully saturated rings. The second kappa shape index (κ2) is 7.54. The van der Waals surface area contributed by atoms with Crippen LogP contribution in [0.2, 0.25) is 0 Å². The van der Waals surface area contributed by atoms with Gasteiger partial charge in [-0.1, -0.05) is 23.5 Å². The number of hydrogen-bond donors (Lipinski definition) is 2. The minimum atomic E-state index is -0.658. The molecule has 3 rings (SSSR count). The van der Waals surface area contributed by atoms with Crippen molar-refractivity contribution >= 4 is 55.9 Å². The molecule has 1 heterocycles. The van der Waals surface area contributed by atoms with Gasteiger partial charge in [-0.05, 0) is 42.5 Å². The van der Waals surface area contributed by atoms with Crippen molar-refractivity contribution in [3.63, 3.8) is 0 Å². The van der Waals surface area contributed by atoms with Crippen molar-refractivity contribution in [2.24, 2.45) is 0 Å². The van der Waals surface area contributed by atoms with Crippen LogP contribution in [0.3, 0.4) is 0 Å². The molecule has 3 aromatic rings. The summed E-state index contributed by atoms with van der Waals surface area (Å²) in [5.41, 5.74) is 0.961. The number of anilines is 1. The van der Waals surface area contributed by atoms with Crippen LogP contribution in [0, 0.1) is 5.82 Å². The minimum absolute atomic E-state index is 0.00880. The molecule has 0 atom stereocenters. The number of esters is 1. The summed E-state index contributed by atoms with van der Waals surface area (Å²) in [6.07, 6.45) is 0. The lowest BCUT2D eigenvalue weighted by Gasteiger charge is -2.07. The number of thiazole rings is 1. The minimum Gasteiger partial charge on any atom is -0.465 e. The molecule has 0 aliphatic heterocycles. The zero-order valence-corrected chi connectivity index (χ0v) is 15.0. The van der Waals surface area contributed by atoms with Gasteiger partial charge in [-0.15, -0.1) is 0 Å². The van der Waals surface area contributed by atoms with Crippen molar-refractivity contribution in [3.05, 3.63) is 59.4 Å². The largest absolute Gasteiger partial charge is 0.465 e. The maximum Gasteiger partial charge on any atom is 0.337 e. The van der Waals surface area contributed by atoms with Crippen molar-refractivity contribution in [2.75, 3.05) is 12.4 Å². The monoisotopic (exact) mass is 389 g/mol. The number of fused-ring (bicyclic) bond motifs is 1. The number of thiocarbonyl (C=S) groups is 1. The number of methoxy groups -OCH3 is 1. The number of hydrogen-bond acceptors (Lipinski definition) is 6. The highest BCUT2D eigenvalue weighted by molar-refractivity contribution is 7.80. The number of nitrogens with one attached hydrogen (secondary N) is 2. The second-order valence-electron chi connectivity index (χ2n) is 5.08. The molecular formula is C17H12FN3O3S2. The molecule has 0 bridgehead atoms. The summed E-state index contributed by atoms with van der Waals surface area (Å²) in [4.78, 5) is 27.9. The summed E-state index contributed by atoms with van der Waals surface area (Å²) in [6, 6.07) is 10.6. The van der Waals surface area contributed by atoms with Crippen LogP contribution >= 0.6 is 23.6 Å². The summed E-state index contributed by atoms with van der Waals surface area (Å²) in [5, 5.41) is 5.61. The average Bonchev–Trinajstić information content (AvgIpc) is 3.02. The summed E-state index contributed by atoms with van der Waals surface area (Å²) in [5.74, 6) is -1.74. The van der Waals surface area contributed by atoms with Crippen LogP contribution in [0.15, 0.2) is 42.5 Å². The molecule has 2 N–H and O–H groups in total. The highest BCUT2D eigenvalue weighted by Gasteiger charge is 2.14. The summed E-state index contributed by atoms with van der Waals surface area (Å²) in [6.45, 7) is 0. The van der Waals surface area contributed by atoms with Gasteiger partial charge in [0.15, 0.2) is 10.2 Å². The first-order valence-corrected chi connectivity index (χ1v) is 8.56. The number of benzene rings is 2. The quantitative estimate of drug-likeness (QED) is 0.528. The lowest BCUT2D eigenvalue weighted by atomic mass is 10.2. The van der Waals surface area contributed by atoms with E-state index in [1.54, 1.807) is 24.3 Å². The van der Waals surface area contributed by atoms with E-state index < -0.39 is 17.7 Å². The molecule has 0 unspecified atom stereocenters. The van der Waals surface area contributed by atoms with Gasteiger partial charge in [0, 0.05) is 0 Å². The standard InChI is InChI=1S/C17H12FN3O3S2/c1-24-15(23)9-6-7-12-13(8-9)26-17(19-12)21-16(25)20-14(22)10-4-2-3-5-11(10)18/h2-8H,1H3,(H2,19,20,21,22,25). The maximum absolute atomic E-state index is 13.6. The van der Waals surface area contributed by atoms with Gasteiger partial charge in [-0.25, -0.2) is 14.2 Å². The molecule has 0 spiro atoms. The number of carbonyl (C=O) groups is 2. The molecule has 0 radical (unpaired) electrons. The van der Waals surface area contributed by atoms with Crippen LogP contribution in [0.1, 0.15) is 20.7 Å². The lowest BCUT2D eigenvalue weighted by Crippen LogP contribution is -2.34. The molecule has 0 aliphatic rings. The predicted octanol–water partition coefficient (Wildman–Crippen LogP) is 3.35. The van der Waals surface area contributed by atoms with Gasteiger partial charge < -0.3 is 10.1 Å². The fourth-order valence-electron chi connectivity index (χ4n) is 2.17. The Morgan fingerprint density at radius 3 is 2.73 bits per heavy atom. The SMILES string of the molecule is COC(=O)c1ccc2nc(NC(=S)NC(=O)c3ccccc3F)sc2c1. The van der Waals surface area contributed by atoms with Crippen molar-refractivity contribution in [1.82, 2.24) is 10.3 Å². The van der Waals surface area contributed by atoms with E-state index in [1.807, 2.05) is 0 Å². The highest BCUT2D eigenvalue weighted by Crippen LogP contribution is 2.27. The van der Waals surface area contributed by atoms with Crippen LogP contribution in [0.5, 0.6) is 0 Å². The van der Waals surface area contributed by atoms with E-state index in [4.69, 9.17) is 12.2 Å². The van der Waals surface area contributed by atoms with Gasteiger partial charge >= 0.3 is 5.97 Å². The molecule has 0 saturated heterocycles. The smallest absolute Gasteiger partial charge is 0.337 e. The predicted molar refractivity (Wildman–Crippen MR) is 101 cm³/mol. The van der Waals surface area contributed by atoms with E-state index in [9.17, 15) is 14.0 Å². The number of carbonyl (C=O) groups excluding carboxylic acids is 2. The number of halogens is 1. The Morgan fingerprint density at radius 1 is 1.23 bits per heavy atom. The van der Waals surface area contributed by atoms with E-state index in [2.05, 4.69) is 20.4 Å². The van der Waals surface area contributed by atoms with E-state index >= 15 is 0 Å². The number of aromatic nitrogens is 1. The Labute approximate surface area is 157 Å². The Kier molecular flexibility index (Phi) is 5.19. The highest BCUT2D eigenvalue weighted by atomic mass is 32.1. The molecule has 6 nitrogen and oxygen atoms in total. The van der Waals surface area contributed by atoms with Gasteiger partial charge in [0.2, 0.25) is 0 Å². The number of ether oxygens (including phenoxy) is 1. The Bertz CT molecular complexity index is 1020. The first-order chi connectivity index (χ1) is 12.5. The molecule has 0 saturated carbocycles. The first-order valence-electron chi connectivity index (χ1n) is 7.33. The van der Waals surface area contributed by atoms with Crippen LogP contribution < -0.4 is 10.6 Å². The zero-order chi connectivity index (χ0) is 18.7. The van der Waals surface area contributed by atoms with Gasteiger partial charge in [-0.3, -0.25) is 10.1 Å². The summed E-state index contributed by atoms with van der Waals surface area (Å²) in [7, 11) is 1.31. The summed E-state index contributed by atoms with van der Waals surface area (Å²) < 4.78 is 19.0. The van der Waals surface area contributed by atoms with Crippen molar-refractivity contribution in [3.8, 4) is 0 Å². The van der Waals surface area contributed by atoms with Crippen LogP contribution in [-0.4, -0.2) is 29.1 Å². The number of nitrogens with zero attached hydrogens (tertiary/aromatic N) is 1. The van der Waals surface area contributed by atoms with E-state index in [0.717, 1.165) is 4.70 Å². The second-order valence-corrected chi connectivity index (χ2v) is 6.52. The maximum atomic E-state index is 13.6. The molecular weight excluding hydrogens is 377 g/mol. The Balaban J connectivity index is 1.72. The molecule has 9 heteroatoms. The number of amides is 1. The molecule has 1 aromatic heterocycles. The fraction of sp³-hybridized carbons (Fsp3) is 0.0588. The van der Waals surface area contributed by atoms with Gasteiger partial charge in [-0.2, -0.15) is 0 Å². The summed E-state index contributed by atoms with van der Waals surface area (Å²) >= 11 is 6.32. The van der Waals surface area contributed by atoms with Gasteiger partial charge in [0.05, 0.1) is 28.5 Å². The van der Waals surface area contributed by atoms with Crippen molar-refractivity contribution in [1.29, 1.82) is 0 Å². The van der Waals surface area contributed by atoms with Gasteiger partial charge in [0.1, 0.15) is 5.82 Å². The topological polar surface area (TPSA) is 80.3 Å². The zero-order valence-electron chi connectivity index (χ0n) is 13.4. The van der Waals surface area contributed by atoms with Crippen LogP contribution in [-0.2, 0) is 4.74 Å². The van der Waals surface area contributed by atoms with E-state index in [0.29, 0.717) is 16.2 Å². The van der Waals surface area contributed by atoms with Crippen LogP contribution in [0.4, 0.5) is 9.52 Å². The van der Waals surface area contributed by atoms with Crippen molar-refractivity contribution < 1.29 is 18.7 Å². The third-order valence-corrected chi connectivity index (χ3v) is 4.51.